The van der Waals surface area contributed by atoms with Crippen molar-refractivity contribution in [3.05, 3.63) is 66.1 Å². The number of imidazole rings is 1. The number of rotatable bonds is 5. The van der Waals surface area contributed by atoms with Gasteiger partial charge in [0.15, 0.2) is 0 Å². The van der Waals surface area contributed by atoms with E-state index in [4.69, 9.17) is 0 Å². The van der Waals surface area contributed by atoms with Crippen LogP contribution in [0.15, 0.2) is 59.8 Å². The molecule has 0 aliphatic carbocycles. The van der Waals surface area contributed by atoms with Crippen molar-refractivity contribution >= 4 is 15.7 Å². The summed E-state index contributed by atoms with van der Waals surface area (Å²) in [7, 11) is -3.45. The SMILES string of the molecule is Cc1ccn2cc(CCNS(=O)(=O)c3ccccc3)nc2c1. The van der Waals surface area contributed by atoms with E-state index in [1.54, 1.807) is 30.3 Å². The zero-order chi connectivity index (χ0) is 15.6. The average Bonchev–Trinajstić information content (AvgIpc) is 2.89. The number of pyridine rings is 1. The number of nitrogens with one attached hydrogen (secondary N) is 1. The molecule has 0 unspecified atom stereocenters. The summed E-state index contributed by atoms with van der Waals surface area (Å²) >= 11 is 0. The first kappa shape index (κ1) is 14.7. The first-order chi connectivity index (χ1) is 10.5. The van der Waals surface area contributed by atoms with E-state index in [0.717, 1.165) is 16.9 Å². The van der Waals surface area contributed by atoms with Crippen LogP contribution in [0.5, 0.6) is 0 Å². The molecule has 3 rings (SSSR count). The van der Waals surface area contributed by atoms with Gasteiger partial charge >= 0.3 is 0 Å². The Hall–Kier alpha value is -2.18. The van der Waals surface area contributed by atoms with Crippen LogP contribution in [0, 0.1) is 6.92 Å². The summed E-state index contributed by atoms with van der Waals surface area (Å²) in [6, 6.07) is 12.4. The van der Waals surface area contributed by atoms with E-state index in [1.807, 2.05) is 35.9 Å². The van der Waals surface area contributed by atoms with Gasteiger partial charge < -0.3 is 4.40 Å². The molecule has 5 nitrogen and oxygen atoms in total. The molecule has 6 heteroatoms. The fourth-order valence-corrected chi connectivity index (χ4v) is 3.31. The first-order valence-electron chi connectivity index (χ1n) is 7.03. The predicted molar refractivity (Wildman–Crippen MR) is 85.3 cm³/mol. The molecule has 0 saturated heterocycles. The van der Waals surface area contributed by atoms with E-state index in [9.17, 15) is 8.42 Å². The molecule has 114 valence electrons. The molecule has 2 heterocycles. The van der Waals surface area contributed by atoms with E-state index >= 15 is 0 Å². The normalized spacial score (nSPS) is 11.9. The van der Waals surface area contributed by atoms with Crippen LogP contribution in [0.4, 0.5) is 0 Å². The molecule has 0 aliphatic heterocycles. The van der Waals surface area contributed by atoms with Crippen molar-refractivity contribution < 1.29 is 8.42 Å². The van der Waals surface area contributed by atoms with Crippen molar-refractivity contribution in [2.75, 3.05) is 6.54 Å². The molecule has 0 atom stereocenters. The van der Waals surface area contributed by atoms with Crippen molar-refractivity contribution in [2.24, 2.45) is 0 Å². The second kappa shape index (κ2) is 5.90. The molecule has 22 heavy (non-hydrogen) atoms. The Labute approximate surface area is 129 Å². The number of hydrogen-bond acceptors (Lipinski definition) is 3. The minimum absolute atomic E-state index is 0.278. The summed E-state index contributed by atoms with van der Waals surface area (Å²) in [5.41, 5.74) is 2.89. The molecule has 0 aliphatic rings. The maximum absolute atomic E-state index is 12.1. The first-order valence-corrected chi connectivity index (χ1v) is 8.52. The van der Waals surface area contributed by atoms with Gasteiger partial charge in [-0.2, -0.15) is 0 Å². The molecule has 1 N–H and O–H groups in total. The molecule has 0 radical (unpaired) electrons. The Morgan fingerprint density at radius 1 is 1.18 bits per heavy atom. The average molecular weight is 315 g/mol. The molecule has 0 saturated carbocycles. The van der Waals surface area contributed by atoms with E-state index < -0.39 is 10.0 Å². The highest BCUT2D eigenvalue weighted by molar-refractivity contribution is 7.89. The number of hydrogen-bond donors (Lipinski definition) is 1. The Morgan fingerprint density at radius 2 is 1.95 bits per heavy atom. The van der Waals surface area contributed by atoms with Gasteiger partial charge in [-0.1, -0.05) is 18.2 Å². The largest absolute Gasteiger partial charge is 0.307 e. The van der Waals surface area contributed by atoms with Crippen molar-refractivity contribution in [2.45, 2.75) is 18.2 Å². The van der Waals surface area contributed by atoms with Gasteiger partial charge in [-0.05, 0) is 36.8 Å². The number of benzene rings is 1. The number of aryl methyl sites for hydroxylation is 1. The van der Waals surface area contributed by atoms with Gasteiger partial charge in [0.1, 0.15) is 5.65 Å². The topological polar surface area (TPSA) is 63.5 Å². The zero-order valence-corrected chi connectivity index (χ0v) is 13.0. The highest BCUT2D eigenvalue weighted by Crippen LogP contribution is 2.09. The maximum Gasteiger partial charge on any atom is 0.240 e. The molecule has 0 amide bonds. The van der Waals surface area contributed by atoms with Gasteiger partial charge in [-0.15, -0.1) is 0 Å². The summed E-state index contributed by atoms with van der Waals surface area (Å²) in [4.78, 5) is 4.77. The quantitative estimate of drug-likeness (QED) is 0.785. The molecular formula is C16H17N3O2S. The summed E-state index contributed by atoms with van der Waals surface area (Å²) in [5.74, 6) is 0. The molecule has 1 aromatic carbocycles. The zero-order valence-electron chi connectivity index (χ0n) is 12.2. The maximum atomic E-state index is 12.1. The fraction of sp³-hybridized carbons (Fsp3) is 0.188. The van der Waals surface area contributed by atoms with E-state index in [2.05, 4.69) is 9.71 Å². The van der Waals surface area contributed by atoms with E-state index in [0.29, 0.717) is 13.0 Å². The third kappa shape index (κ3) is 3.18. The minimum Gasteiger partial charge on any atom is -0.307 e. The van der Waals surface area contributed by atoms with Gasteiger partial charge in [0, 0.05) is 25.4 Å². The summed E-state index contributed by atoms with van der Waals surface area (Å²) in [5, 5.41) is 0. The van der Waals surface area contributed by atoms with Gasteiger partial charge in [0.25, 0.3) is 0 Å². The van der Waals surface area contributed by atoms with Crippen molar-refractivity contribution in [3.63, 3.8) is 0 Å². The monoisotopic (exact) mass is 315 g/mol. The molecule has 0 bridgehead atoms. The van der Waals surface area contributed by atoms with E-state index in [-0.39, 0.29) is 4.90 Å². The van der Waals surface area contributed by atoms with Crippen LogP contribution < -0.4 is 4.72 Å². The predicted octanol–water partition coefficient (Wildman–Crippen LogP) is 2.16. The lowest BCUT2D eigenvalue weighted by molar-refractivity contribution is 0.581. The van der Waals surface area contributed by atoms with Crippen LogP contribution in [0.2, 0.25) is 0 Å². The van der Waals surface area contributed by atoms with Crippen LogP contribution in [-0.2, 0) is 16.4 Å². The highest BCUT2D eigenvalue weighted by Gasteiger charge is 2.12. The Bertz CT molecular complexity index is 886. The molecule has 0 fully saturated rings. The lowest BCUT2D eigenvalue weighted by Gasteiger charge is -2.05. The molecule has 3 aromatic rings. The lowest BCUT2D eigenvalue weighted by atomic mass is 10.3. The molecule has 0 spiro atoms. The second-order valence-electron chi connectivity index (χ2n) is 5.16. The summed E-state index contributed by atoms with van der Waals surface area (Å²) in [6.45, 7) is 2.34. The Balaban J connectivity index is 1.67. The molecular weight excluding hydrogens is 298 g/mol. The van der Waals surface area contributed by atoms with Crippen LogP contribution in [0.25, 0.3) is 5.65 Å². The Kier molecular flexibility index (Phi) is 3.96. The van der Waals surface area contributed by atoms with Crippen LogP contribution in [0.3, 0.4) is 0 Å². The van der Waals surface area contributed by atoms with Crippen molar-refractivity contribution in [1.82, 2.24) is 14.1 Å². The van der Waals surface area contributed by atoms with Crippen molar-refractivity contribution in [1.29, 1.82) is 0 Å². The van der Waals surface area contributed by atoms with Gasteiger partial charge in [-0.25, -0.2) is 18.1 Å². The van der Waals surface area contributed by atoms with Gasteiger partial charge in [0.05, 0.1) is 10.6 Å². The third-order valence-corrected chi connectivity index (χ3v) is 4.87. The molecule has 2 aromatic heterocycles. The van der Waals surface area contributed by atoms with E-state index in [1.165, 1.54) is 0 Å². The van der Waals surface area contributed by atoms with Crippen molar-refractivity contribution in [3.8, 4) is 0 Å². The van der Waals surface area contributed by atoms with Crippen LogP contribution in [-0.4, -0.2) is 24.3 Å². The third-order valence-electron chi connectivity index (χ3n) is 3.39. The standard InChI is InChI=1S/C16H17N3O2S/c1-13-8-10-19-12-14(18-16(19)11-13)7-9-17-22(20,21)15-5-3-2-4-6-15/h2-6,8,10-12,17H,7,9H2,1H3. The summed E-state index contributed by atoms with van der Waals surface area (Å²) in [6.07, 6.45) is 4.42. The Morgan fingerprint density at radius 3 is 2.73 bits per heavy atom. The number of nitrogens with zero attached hydrogens (tertiary/aromatic N) is 2. The highest BCUT2D eigenvalue weighted by atomic mass is 32.2. The van der Waals surface area contributed by atoms with Crippen LogP contribution in [0.1, 0.15) is 11.3 Å². The minimum atomic E-state index is -3.45. The second-order valence-corrected chi connectivity index (χ2v) is 6.93. The fourth-order valence-electron chi connectivity index (χ4n) is 2.25. The van der Waals surface area contributed by atoms with Gasteiger partial charge in [0.2, 0.25) is 10.0 Å². The van der Waals surface area contributed by atoms with Gasteiger partial charge in [-0.3, -0.25) is 0 Å². The summed E-state index contributed by atoms with van der Waals surface area (Å²) < 4.78 is 28.7. The number of fused-ring (bicyclic) bond motifs is 1. The van der Waals surface area contributed by atoms with Crippen LogP contribution >= 0.6 is 0 Å². The number of sulfonamides is 1. The number of aromatic nitrogens is 2. The smallest absolute Gasteiger partial charge is 0.240 e. The lowest BCUT2D eigenvalue weighted by Crippen LogP contribution is -2.26.